The minimum absolute atomic E-state index is 0.102. The van der Waals surface area contributed by atoms with E-state index in [0.29, 0.717) is 5.56 Å². The summed E-state index contributed by atoms with van der Waals surface area (Å²) in [4.78, 5) is 33.5. The quantitative estimate of drug-likeness (QED) is 0.347. The topological polar surface area (TPSA) is 95.7 Å². The number of nitro benzene ring substituents is 1. The summed E-state index contributed by atoms with van der Waals surface area (Å²) in [6.45, 7) is 8.10. The summed E-state index contributed by atoms with van der Waals surface area (Å²) >= 11 is 0. The molecular weight excluding hydrogens is 290 g/mol. The lowest BCUT2D eigenvalue weighted by Crippen LogP contribution is -2.18. The van der Waals surface area contributed by atoms with Gasteiger partial charge in [0, 0.05) is 24.1 Å². The third-order valence-corrected chi connectivity index (χ3v) is 2.87. The Hall–Kier alpha value is -2.70. The maximum Gasteiger partial charge on any atom is 0.337 e. The number of aryl methyl sites for hydroxylation is 1. The highest BCUT2D eigenvalue weighted by molar-refractivity contribution is 5.89. The number of benzene rings is 1. The van der Waals surface area contributed by atoms with Crippen LogP contribution in [0.3, 0.4) is 0 Å². The van der Waals surface area contributed by atoms with Crippen LogP contribution in [0.25, 0.3) is 0 Å². The van der Waals surface area contributed by atoms with Crippen molar-refractivity contribution < 1.29 is 24.0 Å². The number of nitrogens with zero attached hydrogens (tertiary/aromatic N) is 1. The molecule has 0 fully saturated rings. The predicted octanol–water partition coefficient (Wildman–Crippen LogP) is 2.63. The molecule has 1 aromatic rings. The third kappa shape index (κ3) is 4.15. The van der Waals surface area contributed by atoms with E-state index < -0.39 is 23.0 Å². The van der Waals surface area contributed by atoms with Gasteiger partial charge in [-0.2, -0.15) is 0 Å². The second-order valence-corrected chi connectivity index (χ2v) is 4.54. The molecule has 0 saturated heterocycles. The Balaban J connectivity index is 3.25. The van der Waals surface area contributed by atoms with Crippen molar-refractivity contribution in [3.63, 3.8) is 0 Å². The van der Waals surface area contributed by atoms with E-state index in [9.17, 15) is 19.7 Å². The summed E-state index contributed by atoms with van der Waals surface area (Å²) in [5.41, 5.74) is 0.504. The smallest absolute Gasteiger partial charge is 0.337 e. The maximum absolute atomic E-state index is 11.8. The highest BCUT2D eigenvalue weighted by Crippen LogP contribution is 2.30. The Labute approximate surface area is 127 Å². The predicted molar refractivity (Wildman–Crippen MR) is 78.1 cm³/mol. The molecule has 0 radical (unpaired) electrons. The SMILES string of the molecule is C=C(C(=O)OCC)C(OC(C)=O)c1ccc(C)c([N+](=O)[O-])c1. The molecule has 0 amide bonds. The Morgan fingerprint density at radius 1 is 1.41 bits per heavy atom. The fraction of sp³-hybridized carbons (Fsp3) is 0.333. The van der Waals surface area contributed by atoms with Crippen molar-refractivity contribution in [3.05, 3.63) is 51.6 Å². The molecule has 118 valence electrons. The van der Waals surface area contributed by atoms with Crippen molar-refractivity contribution in [1.82, 2.24) is 0 Å². The first-order chi connectivity index (χ1) is 10.3. The Morgan fingerprint density at radius 3 is 2.55 bits per heavy atom. The summed E-state index contributed by atoms with van der Waals surface area (Å²) in [5.74, 6) is -1.37. The second kappa shape index (κ2) is 7.35. The van der Waals surface area contributed by atoms with Gasteiger partial charge in [0.25, 0.3) is 5.69 Å². The fourth-order valence-electron chi connectivity index (χ4n) is 1.82. The molecule has 1 unspecified atom stereocenters. The van der Waals surface area contributed by atoms with Crippen LogP contribution in [0, 0.1) is 17.0 Å². The zero-order valence-corrected chi connectivity index (χ0v) is 12.6. The number of esters is 2. The number of nitro groups is 1. The summed E-state index contributed by atoms with van der Waals surface area (Å²) in [7, 11) is 0. The van der Waals surface area contributed by atoms with Crippen LogP contribution >= 0.6 is 0 Å². The highest BCUT2D eigenvalue weighted by atomic mass is 16.6. The molecule has 0 spiro atoms. The van der Waals surface area contributed by atoms with Crippen LogP contribution in [-0.2, 0) is 19.1 Å². The van der Waals surface area contributed by atoms with Crippen LogP contribution in [0.4, 0.5) is 5.69 Å². The van der Waals surface area contributed by atoms with Gasteiger partial charge < -0.3 is 9.47 Å². The zero-order valence-electron chi connectivity index (χ0n) is 12.6. The molecule has 1 rings (SSSR count). The summed E-state index contributed by atoms with van der Waals surface area (Å²) in [6, 6.07) is 4.32. The van der Waals surface area contributed by atoms with E-state index in [1.54, 1.807) is 19.9 Å². The highest BCUT2D eigenvalue weighted by Gasteiger charge is 2.27. The molecule has 0 heterocycles. The molecule has 0 aliphatic heterocycles. The van der Waals surface area contributed by atoms with Crippen LogP contribution in [0.5, 0.6) is 0 Å². The van der Waals surface area contributed by atoms with Crippen LogP contribution < -0.4 is 0 Å². The fourth-order valence-corrected chi connectivity index (χ4v) is 1.82. The van der Waals surface area contributed by atoms with E-state index in [2.05, 4.69) is 6.58 Å². The van der Waals surface area contributed by atoms with Gasteiger partial charge in [-0.3, -0.25) is 14.9 Å². The molecule has 7 heteroatoms. The van der Waals surface area contributed by atoms with Crippen LogP contribution in [0.1, 0.15) is 31.1 Å². The first-order valence-corrected chi connectivity index (χ1v) is 6.56. The van der Waals surface area contributed by atoms with Crippen molar-refractivity contribution in [2.24, 2.45) is 0 Å². The van der Waals surface area contributed by atoms with E-state index in [1.165, 1.54) is 19.1 Å². The van der Waals surface area contributed by atoms with Crippen molar-refractivity contribution in [2.45, 2.75) is 26.9 Å². The molecule has 7 nitrogen and oxygen atoms in total. The number of hydrogen-bond acceptors (Lipinski definition) is 6. The van der Waals surface area contributed by atoms with Gasteiger partial charge in [-0.1, -0.05) is 18.7 Å². The van der Waals surface area contributed by atoms with Crippen molar-refractivity contribution in [1.29, 1.82) is 0 Å². The molecular formula is C15H17NO6. The van der Waals surface area contributed by atoms with E-state index in [0.717, 1.165) is 0 Å². The largest absolute Gasteiger partial charge is 0.463 e. The third-order valence-electron chi connectivity index (χ3n) is 2.87. The summed E-state index contributed by atoms with van der Waals surface area (Å²) in [5, 5.41) is 11.0. The van der Waals surface area contributed by atoms with Crippen LogP contribution in [-0.4, -0.2) is 23.5 Å². The molecule has 0 saturated carbocycles. The lowest BCUT2D eigenvalue weighted by molar-refractivity contribution is -0.385. The Kier molecular flexibility index (Phi) is 5.80. The van der Waals surface area contributed by atoms with Gasteiger partial charge in [-0.05, 0) is 13.8 Å². The standard InChI is InChI=1S/C15H17NO6/c1-5-21-15(18)10(3)14(22-11(4)17)12-7-6-9(2)13(8-12)16(19)20/h6-8,14H,3,5H2,1-2,4H3. The van der Waals surface area contributed by atoms with Gasteiger partial charge >= 0.3 is 11.9 Å². The van der Waals surface area contributed by atoms with E-state index in [-0.39, 0.29) is 23.4 Å². The maximum atomic E-state index is 11.8. The van der Waals surface area contributed by atoms with Crippen LogP contribution in [0.15, 0.2) is 30.4 Å². The van der Waals surface area contributed by atoms with Crippen LogP contribution in [0.2, 0.25) is 0 Å². The first-order valence-electron chi connectivity index (χ1n) is 6.56. The molecule has 0 aliphatic rings. The molecule has 0 aromatic heterocycles. The number of hydrogen-bond donors (Lipinski definition) is 0. The van der Waals surface area contributed by atoms with Gasteiger partial charge in [0.1, 0.15) is 0 Å². The van der Waals surface area contributed by atoms with Crippen molar-refractivity contribution in [3.8, 4) is 0 Å². The number of carbonyl (C=O) groups excluding carboxylic acids is 2. The van der Waals surface area contributed by atoms with Gasteiger partial charge in [0.2, 0.25) is 0 Å². The zero-order chi connectivity index (χ0) is 16.9. The minimum atomic E-state index is -1.13. The summed E-state index contributed by atoms with van der Waals surface area (Å²) in [6.07, 6.45) is -1.13. The molecule has 0 N–H and O–H groups in total. The lowest BCUT2D eigenvalue weighted by atomic mass is 10.00. The summed E-state index contributed by atoms with van der Waals surface area (Å²) < 4.78 is 9.90. The number of rotatable bonds is 6. The molecule has 0 bridgehead atoms. The monoisotopic (exact) mass is 307 g/mol. The Bertz CT molecular complexity index is 622. The molecule has 22 heavy (non-hydrogen) atoms. The second-order valence-electron chi connectivity index (χ2n) is 4.54. The number of ether oxygens (including phenoxy) is 2. The van der Waals surface area contributed by atoms with Gasteiger partial charge in [-0.15, -0.1) is 0 Å². The molecule has 1 aromatic carbocycles. The van der Waals surface area contributed by atoms with Crippen molar-refractivity contribution >= 4 is 17.6 Å². The normalized spacial score (nSPS) is 11.4. The average Bonchev–Trinajstić information content (AvgIpc) is 2.44. The van der Waals surface area contributed by atoms with Gasteiger partial charge in [0.05, 0.1) is 17.1 Å². The Morgan fingerprint density at radius 2 is 2.05 bits per heavy atom. The van der Waals surface area contributed by atoms with E-state index in [4.69, 9.17) is 9.47 Å². The van der Waals surface area contributed by atoms with E-state index >= 15 is 0 Å². The lowest BCUT2D eigenvalue weighted by Gasteiger charge is -2.19. The molecule has 1 atom stereocenters. The molecule has 0 aliphatic carbocycles. The number of carbonyl (C=O) groups is 2. The van der Waals surface area contributed by atoms with Crippen molar-refractivity contribution in [2.75, 3.05) is 6.61 Å². The minimum Gasteiger partial charge on any atom is -0.463 e. The van der Waals surface area contributed by atoms with E-state index in [1.807, 2.05) is 0 Å². The first kappa shape index (κ1) is 17.4. The van der Waals surface area contributed by atoms with Gasteiger partial charge in [-0.25, -0.2) is 4.79 Å². The average molecular weight is 307 g/mol. The van der Waals surface area contributed by atoms with Gasteiger partial charge in [0.15, 0.2) is 6.10 Å².